The number of hydrogen-bond acceptors (Lipinski definition) is 2. The van der Waals surface area contributed by atoms with E-state index >= 15 is 0 Å². The van der Waals surface area contributed by atoms with Crippen LogP contribution in [-0.2, 0) is 10.8 Å². The number of para-hydroxylation sites is 2. The Morgan fingerprint density at radius 3 is 1.87 bits per heavy atom. The van der Waals surface area contributed by atoms with E-state index in [-0.39, 0.29) is 10.8 Å². The van der Waals surface area contributed by atoms with Gasteiger partial charge in [-0.15, -0.1) is 0 Å². The van der Waals surface area contributed by atoms with Gasteiger partial charge in [0.25, 0.3) is 0 Å². The smallest absolute Gasteiger partial charge is 0.137 e. The van der Waals surface area contributed by atoms with E-state index in [9.17, 15) is 0 Å². The van der Waals surface area contributed by atoms with E-state index in [1.54, 1.807) is 0 Å². The van der Waals surface area contributed by atoms with Crippen LogP contribution in [0.25, 0.3) is 55.3 Å². The SMILES string of the molecule is CC1(C)c2ccccc2-c2c(-c3ccccc3N(c3ccc4c(c3)-c3ccccc3C4(C)c3ccccc3)c3cccc4oc5ccccc5c34)cccc21. The molecule has 0 amide bonds. The maximum absolute atomic E-state index is 6.52. The lowest BCUT2D eigenvalue weighted by Gasteiger charge is -2.31. The molecule has 0 saturated heterocycles. The highest BCUT2D eigenvalue weighted by Gasteiger charge is 2.41. The zero-order valence-electron chi connectivity index (χ0n) is 31.2. The Morgan fingerprint density at radius 1 is 0.418 bits per heavy atom. The monoisotopic (exact) mass is 705 g/mol. The second-order valence-electron chi connectivity index (χ2n) is 15.8. The van der Waals surface area contributed by atoms with Crippen molar-refractivity contribution in [3.63, 3.8) is 0 Å². The molecule has 55 heavy (non-hydrogen) atoms. The van der Waals surface area contributed by atoms with Crippen LogP contribution in [0.5, 0.6) is 0 Å². The van der Waals surface area contributed by atoms with Gasteiger partial charge in [-0.25, -0.2) is 0 Å². The van der Waals surface area contributed by atoms with Crippen molar-refractivity contribution in [1.82, 2.24) is 0 Å². The van der Waals surface area contributed by atoms with Gasteiger partial charge in [-0.2, -0.15) is 0 Å². The molecule has 0 spiro atoms. The van der Waals surface area contributed by atoms with E-state index in [0.717, 1.165) is 39.0 Å². The molecule has 0 bridgehead atoms. The number of hydrogen-bond donors (Lipinski definition) is 0. The van der Waals surface area contributed by atoms with Gasteiger partial charge in [0, 0.05) is 27.5 Å². The third-order valence-corrected chi connectivity index (χ3v) is 12.6. The largest absolute Gasteiger partial charge is 0.456 e. The minimum Gasteiger partial charge on any atom is -0.456 e. The fourth-order valence-electron chi connectivity index (χ4n) is 9.94. The maximum atomic E-state index is 6.52. The van der Waals surface area contributed by atoms with Crippen LogP contribution in [0, 0.1) is 0 Å². The molecule has 0 saturated carbocycles. The van der Waals surface area contributed by atoms with Crippen molar-refractivity contribution >= 4 is 39.0 Å². The van der Waals surface area contributed by atoms with Gasteiger partial charge < -0.3 is 9.32 Å². The maximum Gasteiger partial charge on any atom is 0.137 e. The molecule has 2 aliphatic rings. The molecule has 1 atom stereocenters. The predicted octanol–water partition coefficient (Wildman–Crippen LogP) is 14.4. The topological polar surface area (TPSA) is 16.4 Å². The minimum atomic E-state index is -0.278. The normalized spacial score (nSPS) is 16.1. The highest BCUT2D eigenvalue weighted by Crippen LogP contribution is 2.56. The quantitative estimate of drug-likeness (QED) is 0.177. The molecule has 2 aliphatic carbocycles. The Labute approximate surface area is 322 Å². The zero-order chi connectivity index (χ0) is 36.9. The van der Waals surface area contributed by atoms with Crippen molar-refractivity contribution in [2.75, 3.05) is 4.90 Å². The van der Waals surface area contributed by atoms with Gasteiger partial charge in [0.15, 0.2) is 0 Å². The first kappa shape index (κ1) is 31.8. The number of rotatable bonds is 5. The number of fused-ring (bicyclic) bond motifs is 9. The van der Waals surface area contributed by atoms with Gasteiger partial charge in [-0.05, 0) is 99.0 Å². The van der Waals surface area contributed by atoms with Gasteiger partial charge in [0.2, 0.25) is 0 Å². The van der Waals surface area contributed by atoms with Crippen LogP contribution in [0.1, 0.15) is 48.6 Å². The molecule has 0 aliphatic heterocycles. The Kier molecular flexibility index (Phi) is 6.76. The Bertz CT molecular complexity index is 2990. The number of anilines is 3. The molecule has 9 aromatic rings. The first-order valence-electron chi connectivity index (χ1n) is 19.3. The fraction of sp³-hybridized carbons (Fsp3) is 0.0943. The minimum absolute atomic E-state index is 0.101. The van der Waals surface area contributed by atoms with E-state index < -0.39 is 0 Å². The zero-order valence-corrected chi connectivity index (χ0v) is 31.2. The summed E-state index contributed by atoms with van der Waals surface area (Å²) < 4.78 is 6.52. The lowest BCUT2D eigenvalue weighted by molar-refractivity contribution is 0.660. The van der Waals surface area contributed by atoms with E-state index in [0.29, 0.717) is 0 Å². The molecule has 1 unspecified atom stereocenters. The third kappa shape index (κ3) is 4.43. The van der Waals surface area contributed by atoms with Crippen LogP contribution in [0.2, 0.25) is 0 Å². The average Bonchev–Trinajstić information content (AvgIpc) is 3.83. The van der Waals surface area contributed by atoms with Gasteiger partial charge >= 0.3 is 0 Å². The Morgan fingerprint density at radius 2 is 1.02 bits per heavy atom. The lowest BCUT2D eigenvalue weighted by atomic mass is 9.74. The molecule has 2 nitrogen and oxygen atoms in total. The molecule has 1 aromatic heterocycles. The predicted molar refractivity (Wildman–Crippen MR) is 229 cm³/mol. The van der Waals surface area contributed by atoms with Gasteiger partial charge in [0.1, 0.15) is 11.2 Å². The summed E-state index contributed by atoms with van der Waals surface area (Å²) in [6.07, 6.45) is 0. The fourth-order valence-corrected chi connectivity index (χ4v) is 9.94. The third-order valence-electron chi connectivity index (χ3n) is 12.6. The van der Waals surface area contributed by atoms with Crippen LogP contribution in [0.4, 0.5) is 17.1 Å². The molecular formula is C53H39NO. The van der Waals surface area contributed by atoms with Crippen LogP contribution in [-0.4, -0.2) is 0 Å². The first-order valence-corrected chi connectivity index (χ1v) is 19.3. The lowest BCUT2D eigenvalue weighted by Crippen LogP contribution is -2.22. The van der Waals surface area contributed by atoms with Gasteiger partial charge in [-0.1, -0.05) is 159 Å². The van der Waals surface area contributed by atoms with Crippen molar-refractivity contribution in [1.29, 1.82) is 0 Å². The summed E-state index contributed by atoms with van der Waals surface area (Å²) in [5.41, 5.74) is 19.0. The van der Waals surface area contributed by atoms with Gasteiger partial charge in [0.05, 0.1) is 16.8 Å². The highest BCUT2D eigenvalue weighted by molar-refractivity contribution is 6.14. The molecule has 262 valence electrons. The average molecular weight is 706 g/mol. The summed E-state index contributed by atoms with van der Waals surface area (Å²) >= 11 is 0. The summed E-state index contributed by atoms with van der Waals surface area (Å²) in [6, 6.07) is 66.7. The van der Waals surface area contributed by atoms with E-state index in [2.05, 4.69) is 208 Å². The van der Waals surface area contributed by atoms with Crippen molar-refractivity contribution in [3.05, 3.63) is 210 Å². The molecular weight excluding hydrogens is 667 g/mol. The highest BCUT2D eigenvalue weighted by atomic mass is 16.3. The van der Waals surface area contributed by atoms with Crippen molar-refractivity contribution in [2.24, 2.45) is 0 Å². The van der Waals surface area contributed by atoms with Crippen LogP contribution < -0.4 is 4.90 Å². The first-order chi connectivity index (χ1) is 26.9. The van der Waals surface area contributed by atoms with E-state index in [1.165, 1.54) is 61.2 Å². The Hall–Kier alpha value is -6.64. The number of nitrogens with zero attached hydrogens (tertiary/aromatic N) is 1. The molecule has 0 fully saturated rings. The van der Waals surface area contributed by atoms with Crippen molar-refractivity contribution in [3.8, 4) is 33.4 Å². The van der Waals surface area contributed by atoms with Crippen molar-refractivity contribution < 1.29 is 4.42 Å². The molecule has 0 N–H and O–H groups in total. The van der Waals surface area contributed by atoms with Gasteiger partial charge in [-0.3, -0.25) is 0 Å². The molecule has 2 heteroatoms. The molecule has 11 rings (SSSR count). The summed E-state index contributed by atoms with van der Waals surface area (Å²) in [5.74, 6) is 0. The summed E-state index contributed by atoms with van der Waals surface area (Å²) in [6.45, 7) is 7.10. The van der Waals surface area contributed by atoms with Crippen LogP contribution in [0.3, 0.4) is 0 Å². The Balaban J connectivity index is 1.20. The molecule has 0 radical (unpaired) electrons. The standard InChI is InChI=1S/C53H39NO/c1-52(2)42-24-11-8-21-39(42)50-38(23-15-26-45(50)52)37-20-9-13-27-46(37)54(47-28-16-30-49-51(47)40-22-10-14-29-48(40)55-49)35-31-32-44-41(33-35)36-19-7-12-25-43(36)53(44,3)34-17-5-4-6-18-34/h4-33H,1-3H3. The summed E-state index contributed by atoms with van der Waals surface area (Å²) in [7, 11) is 0. The second-order valence-corrected chi connectivity index (χ2v) is 15.8. The number of benzene rings is 8. The van der Waals surface area contributed by atoms with Crippen LogP contribution in [0.15, 0.2) is 186 Å². The van der Waals surface area contributed by atoms with E-state index in [1.807, 2.05) is 0 Å². The second kappa shape index (κ2) is 11.7. The van der Waals surface area contributed by atoms with Crippen LogP contribution >= 0.6 is 0 Å². The number of furan rings is 1. The summed E-state index contributed by atoms with van der Waals surface area (Å²) in [5, 5.41) is 2.21. The molecule has 8 aromatic carbocycles. The van der Waals surface area contributed by atoms with E-state index in [4.69, 9.17) is 4.42 Å². The van der Waals surface area contributed by atoms with Crippen molar-refractivity contribution in [2.45, 2.75) is 31.6 Å². The molecule has 1 heterocycles. The summed E-state index contributed by atoms with van der Waals surface area (Å²) in [4.78, 5) is 2.48.